The standard InChI is InChI=1S/C13H15ClFN3/c1-8-7-18(5-4-10(8)14)13-16-11-3-2-9(15)6-12(11)17-13/h2-3,6,8,10H,4-5,7H2,1H3,(H,16,17). The second-order valence-corrected chi connectivity index (χ2v) is 5.51. The molecule has 0 bridgehead atoms. The number of rotatable bonds is 1. The molecule has 1 fully saturated rings. The molecule has 1 aromatic carbocycles. The number of alkyl halides is 1. The van der Waals surface area contributed by atoms with E-state index in [1.165, 1.54) is 12.1 Å². The Balaban J connectivity index is 1.90. The molecule has 0 amide bonds. The quantitative estimate of drug-likeness (QED) is 0.805. The SMILES string of the molecule is CC1CN(c2nc3ccc(F)cc3[nH]2)CCC1Cl. The molecular weight excluding hydrogens is 253 g/mol. The van der Waals surface area contributed by atoms with Crippen LogP contribution in [0.25, 0.3) is 11.0 Å². The average molecular weight is 268 g/mol. The molecule has 96 valence electrons. The summed E-state index contributed by atoms with van der Waals surface area (Å²) in [6, 6.07) is 4.60. The summed E-state index contributed by atoms with van der Waals surface area (Å²) in [5.41, 5.74) is 1.54. The van der Waals surface area contributed by atoms with E-state index < -0.39 is 0 Å². The van der Waals surface area contributed by atoms with Crippen molar-refractivity contribution in [2.75, 3.05) is 18.0 Å². The molecule has 18 heavy (non-hydrogen) atoms. The Labute approximate surface area is 110 Å². The molecular formula is C13H15ClFN3. The Kier molecular flexibility index (Phi) is 2.90. The summed E-state index contributed by atoms with van der Waals surface area (Å²) in [7, 11) is 0. The first-order valence-electron chi connectivity index (χ1n) is 6.18. The third-order valence-corrected chi connectivity index (χ3v) is 4.18. The lowest BCUT2D eigenvalue weighted by molar-refractivity contribution is 0.450. The van der Waals surface area contributed by atoms with E-state index in [4.69, 9.17) is 11.6 Å². The molecule has 1 N–H and O–H groups in total. The Morgan fingerprint density at radius 1 is 1.50 bits per heavy atom. The topological polar surface area (TPSA) is 31.9 Å². The van der Waals surface area contributed by atoms with Gasteiger partial charge in [-0.3, -0.25) is 0 Å². The van der Waals surface area contributed by atoms with Gasteiger partial charge in [-0.25, -0.2) is 9.37 Å². The molecule has 1 saturated heterocycles. The van der Waals surface area contributed by atoms with Gasteiger partial charge in [0, 0.05) is 18.5 Å². The lowest BCUT2D eigenvalue weighted by Crippen LogP contribution is -2.40. The zero-order chi connectivity index (χ0) is 12.7. The summed E-state index contributed by atoms with van der Waals surface area (Å²) >= 11 is 6.21. The minimum absolute atomic E-state index is 0.239. The van der Waals surface area contributed by atoms with E-state index >= 15 is 0 Å². The first-order valence-corrected chi connectivity index (χ1v) is 6.61. The highest BCUT2D eigenvalue weighted by Gasteiger charge is 2.25. The predicted octanol–water partition coefficient (Wildman–Crippen LogP) is 3.16. The monoisotopic (exact) mass is 267 g/mol. The molecule has 2 atom stereocenters. The normalized spacial score (nSPS) is 24.7. The fourth-order valence-corrected chi connectivity index (χ4v) is 2.60. The highest BCUT2D eigenvalue weighted by molar-refractivity contribution is 6.20. The van der Waals surface area contributed by atoms with E-state index in [9.17, 15) is 4.39 Å². The number of aromatic nitrogens is 2. The molecule has 3 nitrogen and oxygen atoms in total. The molecule has 3 rings (SSSR count). The van der Waals surface area contributed by atoms with Crippen molar-refractivity contribution in [3.8, 4) is 0 Å². The maximum absolute atomic E-state index is 13.1. The Bertz CT molecular complexity index is 568. The number of halogens is 2. The van der Waals surface area contributed by atoms with Gasteiger partial charge in [-0.1, -0.05) is 6.92 Å². The molecule has 2 heterocycles. The number of imidazole rings is 1. The van der Waals surface area contributed by atoms with Crippen LogP contribution in [0.3, 0.4) is 0 Å². The maximum Gasteiger partial charge on any atom is 0.203 e. The van der Waals surface area contributed by atoms with Gasteiger partial charge < -0.3 is 9.88 Å². The Morgan fingerprint density at radius 3 is 3.11 bits per heavy atom. The Morgan fingerprint density at radius 2 is 2.33 bits per heavy atom. The molecule has 1 aliphatic heterocycles. The largest absolute Gasteiger partial charge is 0.342 e. The minimum atomic E-state index is -0.245. The lowest BCUT2D eigenvalue weighted by atomic mass is 10.00. The van der Waals surface area contributed by atoms with E-state index in [2.05, 4.69) is 21.8 Å². The van der Waals surface area contributed by atoms with Crippen molar-refractivity contribution < 1.29 is 4.39 Å². The van der Waals surface area contributed by atoms with Crippen LogP contribution < -0.4 is 4.90 Å². The highest BCUT2D eigenvalue weighted by atomic mass is 35.5. The Hall–Kier alpha value is -1.29. The van der Waals surface area contributed by atoms with Crippen molar-refractivity contribution in [3.63, 3.8) is 0 Å². The molecule has 1 aromatic heterocycles. The van der Waals surface area contributed by atoms with E-state index in [0.29, 0.717) is 5.92 Å². The smallest absolute Gasteiger partial charge is 0.203 e. The van der Waals surface area contributed by atoms with E-state index in [0.717, 1.165) is 36.5 Å². The van der Waals surface area contributed by atoms with Gasteiger partial charge in [0.2, 0.25) is 5.95 Å². The van der Waals surface area contributed by atoms with Crippen LogP contribution in [0.15, 0.2) is 18.2 Å². The fraction of sp³-hybridized carbons (Fsp3) is 0.462. The lowest BCUT2D eigenvalue weighted by Gasteiger charge is -2.33. The number of piperidine rings is 1. The van der Waals surface area contributed by atoms with Crippen molar-refractivity contribution in [2.24, 2.45) is 5.92 Å². The summed E-state index contributed by atoms with van der Waals surface area (Å²) in [6.45, 7) is 3.92. The number of aromatic amines is 1. The van der Waals surface area contributed by atoms with Crippen LogP contribution in [0.1, 0.15) is 13.3 Å². The average Bonchev–Trinajstić information content (AvgIpc) is 2.75. The van der Waals surface area contributed by atoms with Crippen LogP contribution in [-0.4, -0.2) is 28.4 Å². The molecule has 2 unspecified atom stereocenters. The third kappa shape index (κ3) is 2.05. The van der Waals surface area contributed by atoms with Gasteiger partial charge >= 0.3 is 0 Å². The summed E-state index contributed by atoms with van der Waals surface area (Å²) in [5.74, 6) is 1.00. The molecule has 0 radical (unpaired) electrons. The van der Waals surface area contributed by atoms with Crippen molar-refractivity contribution in [2.45, 2.75) is 18.7 Å². The number of anilines is 1. The first kappa shape index (κ1) is 11.8. The number of hydrogen-bond acceptors (Lipinski definition) is 2. The van der Waals surface area contributed by atoms with Crippen LogP contribution in [0.2, 0.25) is 0 Å². The second-order valence-electron chi connectivity index (χ2n) is 4.95. The van der Waals surface area contributed by atoms with Crippen molar-refractivity contribution in [1.82, 2.24) is 9.97 Å². The van der Waals surface area contributed by atoms with Crippen LogP contribution in [0.5, 0.6) is 0 Å². The molecule has 2 aromatic rings. The number of H-pyrrole nitrogens is 1. The van der Waals surface area contributed by atoms with Gasteiger partial charge in [-0.05, 0) is 30.5 Å². The van der Waals surface area contributed by atoms with Crippen LogP contribution in [0.4, 0.5) is 10.3 Å². The third-order valence-electron chi connectivity index (χ3n) is 3.53. The van der Waals surface area contributed by atoms with E-state index in [1.807, 2.05) is 0 Å². The van der Waals surface area contributed by atoms with Gasteiger partial charge in [-0.15, -0.1) is 11.6 Å². The number of nitrogens with one attached hydrogen (secondary N) is 1. The van der Waals surface area contributed by atoms with E-state index in [1.54, 1.807) is 6.07 Å². The number of nitrogens with zero attached hydrogens (tertiary/aromatic N) is 2. The summed E-state index contributed by atoms with van der Waals surface area (Å²) in [5, 5.41) is 0.239. The highest BCUT2D eigenvalue weighted by Crippen LogP contribution is 2.26. The van der Waals surface area contributed by atoms with Crippen LogP contribution in [0, 0.1) is 11.7 Å². The van der Waals surface area contributed by atoms with Crippen LogP contribution >= 0.6 is 11.6 Å². The second kappa shape index (κ2) is 4.43. The minimum Gasteiger partial charge on any atom is -0.342 e. The van der Waals surface area contributed by atoms with E-state index in [-0.39, 0.29) is 11.2 Å². The zero-order valence-electron chi connectivity index (χ0n) is 10.2. The molecule has 0 aliphatic carbocycles. The van der Waals surface area contributed by atoms with Gasteiger partial charge in [0.15, 0.2) is 0 Å². The number of fused-ring (bicyclic) bond motifs is 1. The molecule has 1 aliphatic rings. The predicted molar refractivity (Wildman–Crippen MR) is 71.7 cm³/mol. The summed E-state index contributed by atoms with van der Waals surface area (Å²) in [4.78, 5) is 9.85. The first-order chi connectivity index (χ1) is 8.63. The van der Waals surface area contributed by atoms with Crippen molar-refractivity contribution in [1.29, 1.82) is 0 Å². The number of hydrogen-bond donors (Lipinski definition) is 1. The van der Waals surface area contributed by atoms with Crippen molar-refractivity contribution >= 4 is 28.6 Å². The zero-order valence-corrected chi connectivity index (χ0v) is 10.9. The summed E-state index contributed by atoms with van der Waals surface area (Å²) < 4.78 is 13.1. The fourth-order valence-electron chi connectivity index (χ4n) is 2.43. The molecule has 5 heteroatoms. The molecule has 0 saturated carbocycles. The van der Waals surface area contributed by atoms with Gasteiger partial charge in [0.1, 0.15) is 5.82 Å². The van der Waals surface area contributed by atoms with Gasteiger partial charge in [0.05, 0.1) is 11.0 Å². The van der Waals surface area contributed by atoms with Gasteiger partial charge in [-0.2, -0.15) is 0 Å². The van der Waals surface area contributed by atoms with Gasteiger partial charge in [0.25, 0.3) is 0 Å². The summed E-state index contributed by atoms with van der Waals surface area (Å²) in [6.07, 6.45) is 0.953. The maximum atomic E-state index is 13.1. The van der Waals surface area contributed by atoms with Crippen molar-refractivity contribution in [3.05, 3.63) is 24.0 Å². The number of benzene rings is 1. The molecule has 0 spiro atoms. The van der Waals surface area contributed by atoms with Crippen LogP contribution in [-0.2, 0) is 0 Å².